The second-order valence-electron chi connectivity index (χ2n) is 6.43. The van der Waals surface area contributed by atoms with Crippen LogP contribution in [0.5, 0.6) is 5.75 Å². The number of ether oxygens (including phenoxy) is 1. The van der Waals surface area contributed by atoms with Gasteiger partial charge in [-0.05, 0) is 42.0 Å². The second kappa shape index (κ2) is 8.99. The van der Waals surface area contributed by atoms with Crippen molar-refractivity contribution in [2.45, 2.75) is 6.61 Å². The number of nitrogens with zero attached hydrogens (tertiary/aromatic N) is 2. The van der Waals surface area contributed by atoms with Crippen molar-refractivity contribution < 1.29 is 23.2 Å². The fourth-order valence-electron chi connectivity index (χ4n) is 2.69. The minimum Gasteiger partial charge on any atom is -0.489 e. The topological polar surface area (TPSA) is 134 Å². The molecule has 0 heterocycles. The van der Waals surface area contributed by atoms with Crippen LogP contribution < -0.4 is 16.2 Å². The van der Waals surface area contributed by atoms with Gasteiger partial charge in [-0.1, -0.05) is 6.07 Å². The Balaban J connectivity index is 1.80. The van der Waals surface area contributed by atoms with Gasteiger partial charge in [0.05, 0.1) is 4.92 Å². The van der Waals surface area contributed by atoms with E-state index in [1.807, 2.05) is 0 Å². The van der Waals surface area contributed by atoms with Crippen molar-refractivity contribution in [2.24, 2.45) is 10.7 Å². The molecule has 4 N–H and O–H groups in total. The minimum absolute atomic E-state index is 0.0174. The van der Waals surface area contributed by atoms with Crippen LogP contribution in [0.1, 0.15) is 21.5 Å². The molecule has 10 heteroatoms. The first-order chi connectivity index (χ1) is 14.7. The summed E-state index contributed by atoms with van der Waals surface area (Å²) in [6, 6.07) is 12.5. The summed E-state index contributed by atoms with van der Waals surface area (Å²) in [6.07, 6.45) is 0. The number of anilines is 1. The first-order valence-corrected chi connectivity index (χ1v) is 8.83. The van der Waals surface area contributed by atoms with Crippen LogP contribution in [-0.4, -0.2) is 16.7 Å². The van der Waals surface area contributed by atoms with E-state index in [1.165, 1.54) is 36.4 Å². The second-order valence-corrected chi connectivity index (χ2v) is 6.43. The summed E-state index contributed by atoms with van der Waals surface area (Å²) in [5.41, 5.74) is 12.2. The van der Waals surface area contributed by atoms with Gasteiger partial charge in [0.2, 0.25) is 0 Å². The quantitative estimate of drug-likeness (QED) is 0.203. The Morgan fingerprint density at radius 2 is 1.77 bits per heavy atom. The fraction of sp³-hybridized carbons (Fsp3) is 0.0476. The molecule has 0 aliphatic rings. The van der Waals surface area contributed by atoms with Gasteiger partial charge in [0.15, 0.2) is 0 Å². The van der Waals surface area contributed by atoms with E-state index >= 15 is 0 Å². The summed E-state index contributed by atoms with van der Waals surface area (Å²) < 4.78 is 32.1. The number of hydrogen-bond acceptors (Lipinski definition) is 5. The maximum atomic E-state index is 13.3. The third-order valence-corrected chi connectivity index (χ3v) is 4.15. The Bertz CT molecular complexity index is 1180. The van der Waals surface area contributed by atoms with Gasteiger partial charge in [0.25, 0.3) is 11.6 Å². The number of benzene rings is 3. The molecule has 0 fully saturated rings. The number of aliphatic imine (C=N–C) groups is 1. The summed E-state index contributed by atoms with van der Waals surface area (Å²) in [5.74, 6) is -2.20. The Morgan fingerprint density at radius 1 is 1.06 bits per heavy atom. The monoisotopic (exact) mass is 426 g/mol. The SMILES string of the molecule is NC(=NC(=O)c1cccc([N+](=O)[O-])c1)c1cc(OCc2cc(F)cc(F)c2)ccc1N. The normalized spacial score (nSPS) is 11.2. The minimum atomic E-state index is -0.790. The van der Waals surface area contributed by atoms with E-state index in [4.69, 9.17) is 16.2 Å². The Labute approximate surface area is 174 Å². The lowest BCUT2D eigenvalue weighted by molar-refractivity contribution is -0.384. The largest absolute Gasteiger partial charge is 0.489 e. The third kappa shape index (κ3) is 5.38. The van der Waals surface area contributed by atoms with Crippen molar-refractivity contribution in [3.8, 4) is 5.75 Å². The van der Waals surface area contributed by atoms with Gasteiger partial charge in [-0.25, -0.2) is 8.78 Å². The maximum Gasteiger partial charge on any atom is 0.279 e. The molecular weight excluding hydrogens is 410 g/mol. The Hall–Kier alpha value is -4.34. The van der Waals surface area contributed by atoms with Gasteiger partial charge in [0.1, 0.15) is 29.8 Å². The third-order valence-electron chi connectivity index (χ3n) is 4.15. The van der Waals surface area contributed by atoms with E-state index in [0.717, 1.165) is 24.3 Å². The van der Waals surface area contributed by atoms with Crippen LogP contribution in [0.4, 0.5) is 20.2 Å². The van der Waals surface area contributed by atoms with E-state index in [1.54, 1.807) is 0 Å². The van der Waals surface area contributed by atoms with Gasteiger partial charge >= 0.3 is 0 Å². The highest BCUT2D eigenvalue weighted by Crippen LogP contribution is 2.22. The molecule has 158 valence electrons. The Kier molecular flexibility index (Phi) is 6.20. The Morgan fingerprint density at radius 3 is 2.45 bits per heavy atom. The van der Waals surface area contributed by atoms with Crippen molar-refractivity contribution in [3.05, 3.63) is 99.1 Å². The van der Waals surface area contributed by atoms with Crippen LogP contribution in [0.15, 0.2) is 65.7 Å². The molecule has 3 rings (SSSR count). The van der Waals surface area contributed by atoms with Gasteiger partial charge in [-0.3, -0.25) is 14.9 Å². The van der Waals surface area contributed by atoms with Gasteiger partial charge in [-0.15, -0.1) is 0 Å². The molecule has 0 radical (unpaired) electrons. The number of amidine groups is 1. The van der Waals surface area contributed by atoms with Crippen LogP contribution in [0.3, 0.4) is 0 Å². The van der Waals surface area contributed by atoms with E-state index in [0.29, 0.717) is 0 Å². The van der Waals surface area contributed by atoms with Crippen LogP contribution >= 0.6 is 0 Å². The number of nitro groups is 1. The number of amides is 1. The van der Waals surface area contributed by atoms with Crippen molar-refractivity contribution in [1.29, 1.82) is 0 Å². The number of nitro benzene ring substituents is 1. The van der Waals surface area contributed by atoms with Crippen molar-refractivity contribution in [3.63, 3.8) is 0 Å². The van der Waals surface area contributed by atoms with Gasteiger partial charge in [0, 0.05) is 35.0 Å². The first-order valence-electron chi connectivity index (χ1n) is 8.83. The summed E-state index contributed by atoms with van der Waals surface area (Å²) in [4.78, 5) is 26.3. The lowest BCUT2D eigenvalue weighted by atomic mass is 10.1. The van der Waals surface area contributed by atoms with Crippen LogP contribution in [-0.2, 0) is 6.61 Å². The molecule has 0 aliphatic heterocycles. The highest BCUT2D eigenvalue weighted by Gasteiger charge is 2.13. The van der Waals surface area contributed by atoms with Crippen molar-refractivity contribution in [2.75, 3.05) is 5.73 Å². The summed E-state index contributed by atoms with van der Waals surface area (Å²) in [5, 5.41) is 10.9. The summed E-state index contributed by atoms with van der Waals surface area (Å²) >= 11 is 0. The molecule has 1 amide bonds. The molecule has 0 saturated heterocycles. The number of carbonyl (C=O) groups is 1. The average molecular weight is 426 g/mol. The summed E-state index contributed by atoms with van der Waals surface area (Å²) in [7, 11) is 0. The number of non-ortho nitro benzene ring substituents is 1. The molecule has 0 spiro atoms. The maximum absolute atomic E-state index is 13.3. The highest BCUT2D eigenvalue weighted by atomic mass is 19.1. The van der Waals surface area contributed by atoms with Gasteiger partial charge in [-0.2, -0.15) is 4.99 Å². The molecule has 0 unspecified atom stereocenters. The zero-order valence-corrected chi connectivity index (χ0v) is 15.9. The zero-order chi connectivity index (χ0) is 22.5. The molecule has 8 nitrogen and oxygen atoms in total. The molecule has 3 aromatic rings. The molecule has 0 bridgehead atoms. The van der Waals surface area contributed by atoms with E-state index in [9.17, 15) is 23.7 Å². The number of rotatable bonds is 6. The molecular formula is C21H16F2N4O4. The smallest absolute Gasteiger partial charge is 0.279 e. The standard InChI is InChI=1S/C21H16F2N4O4/c22-14-6-12(7-15(23)9-14)11-31-17-4-5-19(24)18(10-17)20(25)26-21(28)13-2-1-3-16(8-13)27(29)30/h1-10H,11,24H2,(H2,25,26,28). The number of hydrogen-bond donors (Lipinski definition) is 2. The summed E-state index contributed by atoms with van der Waals surface area (Å²) in [6.45, 7) is -0.123. The zero-order valence-electron chi connectivity index (χ0n) is 15.9. The molecule has 0 saturated carbocycles. The van der Waals surface area contributed by atoms with Crippen molar-refractivity contribution in [1.82, 2.24) is 0 Å². The van der Waals surface area contributed by atoms with Crippen LogP contribution in [0.25, 0.3) is 0 Å². The van der Waals surface area contributed by atoms with E-state index in [2.05, 4.69) is 4.99 Å². The molecule has 3 aromatic carbocycles. The predicted octanol–water partition coefficient (Wildman–Crippen LogP) is 3.58. The molecule has 0 aromatic heterocycles. The fourth-order valence-corrected chi connectivity index (χ4v) is 2.69. The van der Waals surface area contributed by atoms with Gasteiger partial charge < -0.3 is 16.2 Å². The highest BCUT2D eigenvalue weighted by molar-refractivity contribution is 6.11. The van der Waals surface area contributed by atoms with E-state index < -0.39 is 22.5 Å². The lowest BCUT2D eigenvalue weighted by Crippen LogP contribution is -2.18. The number of carbonyl (C=O) groups excluding carboxylic acids is 1. The number of nitrogens with two attached hydrogens (primary N) is 2. The number of halogens is 2. The van der Waals surface area contributed by atoms with Crippen LogP contribution in [0, 0.1) is 21.7 Å². The average Bonchev–Trinajstić information content (AvgIpc) is 2.72. The molecule has 0 aliphatic carbocycles. The van der Waals surface area contributed by atoms with Crippen molar-refractivity contribution >= 4 is 23.1 Å². The predicted molar refractivity (Wildman–Crippen MR) is 110 cm³/mol. The molecule has 0 atom stereocenters. The lowest BCUT2D eigenvalue weighted by Gasteiger charge is -2.10. The van der Waals surface area contributed by atoms with E-state index in [-0.39, 0.29) is 46.3 Å². The van der Waals surface area contributed by atoms with Crippen LogP contribution in [0.2, 0.25) is 0 Å². The first kappa shape index (κ1) is 21.4. The number of nitrogen functional groups attached to an aromatic ring is 1. The molecule has 31 heavy (non-hydrogen) atoms.